The van der Waals surface area contributed by atoms with Crippen molar-refractivity contribution in [2.75, 3.05) is 14.2 Å². The molecule has 0 saturated carbocycles. The van der Waals surface area contributed by atoms with Crippen LogP contribution >= 0.6 is 0 Å². The molecule has 2 atom stereocenters. The summed E-state index contributed by atoms with van der Waals surface area (Å²) in [6.45, 7) is 0. The number of benzene rings is 4. The van der Waals surface area contributed by atoms with Gasteiger partial charge < -0.3 is 9.47 Å². The first kappa shape index (κ1) is 21.7. The van der Waals surface area contributed by atoms with Crippen molar-refractivity contribution in [2.45, 2.75) is 11.8 Å². The maximum atomic E-state index is 14.2. The number of fused-ring (bicyclic) bond motifs is 1. The van der Waals surface area contributed by atoms with Gasteiger partial charge in [0, 0.05) is 11.5 Å². The van der Waals surface area contributed by atoms with E-state index in [9.17, 15) is 4.79 Å². The summed E-state index contributed by atoms with van der Waals surface area (Å²) in [5.74, 6) is 0.788. The molecule has 5 rings (SSSR count). The zero-order valence-electron chi connectivity index (χ0n) is 19.3. The van der Waals surface area contributed by atoms with Crippen LogP contribution in [0.4, 0.5) is 0 Å². The van der Waals surface area contributed by atoms with E-state index < -0.39 is 5.92 Å². The Bertz CT molecular complexity index is 1330. The van der Waals surface area contributed by atoms with E-state index in [-0.39, 0.29) is 11.7 Å². The van der Waals surface area contributed by atoms with Crippen molar-refractivity contribution < 1.29 is 14.3 Å². The van der Waals surface area contributed by atoms with Crippen molar-refractivity contribution in [3.05, 3.63) is 131 Å². The van der Waals surface area contributed by atoms with Gasteiger partial charge in [0.2, 0.25) is 0 Å². The number of Topliss-reactive ketones (excluding diaryl/α,β-unsaturated/α-hetero) is 1. The zero-order chi connectivity index (χ0) is 23.5. The van der Waals surface area contributed by atoms with Crippen LogP contribution in [0.3, 0.4) is 0 Å². The van der Waals surface area contributed by atoms with Gasteiger partial charge in [0.15, 0.2) is 17.3 Å². The lowest BCUT2D eigenvalue weighted by atomic mass is 9.67. The number of allylic oxidation sites excluding steroid dienone is 1. The number of hydrogen-bond donors (Lipinski definition) is 0. The van der Waals surface area contributed by atoms with Crippen molar-refractivity contribution in [1.29, 1.82) is 0 Å². The molecule has 3 heteroatoms. The molecule has 0 aromatic heterocycles. The fourth-order valence-corrected chi connectivity index (χ4v) is 4.92. The summed E-state index contributed by atoms with van der Waals surface area (Å²) < 4.78 is 11.2. The maximum absolute atomic E-state index is 14.2. The smallest absolute Gasteiger partial charge is 0.171 e. The summed E-state index contributed by atoms with van der Waals surface area (Å²) >= 11 is 0. The van der Waals surface area contributed by atoms with Gasteiger partial charge in [-0.3, -0.25) is 4.79 Å². The van der Waals surface area contributed by atoms with Crippen molar-refractivity contribution >= 4 is 17.4 Å². The molecule has 0 heterocycles. The number of ether oxygens (including phenoxy) is 2. The summed E-state index contributed by atoms with van der Waals surface area (Å²) in [7, 11) is 3.26. The van der Waals surface area contributed by atoms with Crippen molar-refractivity contribution in [3.63, 3.8) is 0 Å². The van der Waals surface area contributed by atoms with E-state index in [0.29, 0.717) is 17.1 Å². The lowest BCUT2D eigenvalue weighted by molar-refractivity contribution is 0.0953. The number of hydrogen-bond acceptors (Lipinski definition) is 3. The predicted molar refractivity (Wildman–Crippen MR) is 137 cm³/mol. The Balaban J connectivity index is 1.81. The van der Waals surface area contributed by atoms with Crippen LogP contribution in [0, 0.1) is 0 Å². The summed E-state index contributed by atoms with van der Waals surface area (Å²) in [6, 6.07) is 34.1. The number of ketones is 1. The largest absolute Gasteiger partial charge is 0.493 e. The lowest BCUT2D eigenvalue weighted by Crippen LogP contribution is -2.25. The van der Waals surface area contributed by atoms with Gasteiger partial charge >= 0.3 is 0 Å². The maximum Gasteiger partial charge on any atom is 0.171 e. The van der Waals surface area contributed by atoms with E-state index in [4.69, 9.17) is 9.47 Å². The minimum Gasteiger partial charge on any atom is -0.493 e. The summed E-state index contributed by atoms with van der Waals surface area (Å²) in [4.78, 5) is 14.2. The van der Waals surface area contributed by atoms with Crippen LogP contribution in [-0.2, 0) is 0 Å². The summed E-state index contributed by atoms with van der Waals surface area (Å²) in [5, 5.41) is 0. The van der Waals surface area contributed by atoms with Crippen molar-refractivity contribution in [3.8, 4) is 11.5 Å². The highest BCUT2D eigenvalue weighted by Gasteiger charge is 2.39. The highest BCUT2D eigenvalue weighted by atomic mass is 16.5. The number of carbonyl (C=O) groups is 1. The van der Waals surface area contributed by atoms with Crippen molar-refractivity contribution in [1.82, 2.24) is 0 Å². The molecule has 0 fully saturated rings. The van der Waals surface area contributed by atoms with Gasteiger partial charge in [-0.1, -0.05) is 97.1 Å². The highest BCUT2D eigenvalue weighted by Crippen LogP contribution is 2.51. The van der Waals surface area contributed by atoms with Crippen LogP contribution in [0.2, 0.25) is 0 Å². The molecule has 0 spiro atoms. The van der Waals surface area contributed by atoms with E-state index >= 15 is 0 Å². The van der Waals surface area contributed by atoms with Crippen molar-refractivity contribution in [2.24, 2.45) is 0 Å². The van der Waals surface area contributed by atoms with Crippen LogP contribution in [0.1, 0.15) is 44.4 Å². The first-order valence-corrected chi connectivity index (χ1v) is 11.4. The Labute approximate surface area is 200 Å². The fourth-order valence-electron chi connectivity index (χ4n) is 4.92. The summed E-state index contributed by atoms with van der Waals surface area (Å²) in [5.41, 5.74) is 5.93. The number of carbonyl (C=O) groups excluding carboxylic acids is 1. The molecule has 168 valence electrons. The van der Waals surface area contributed by atoms with Crippen LogP contribution in [0.25, 0.3) is 11.6 Å². The number of rotatable bonds is 6. The van der Waals surface area contributed by atoms with Gasteiger partial charge in [0.25, 0.3) is 0 Å². The molecule has 4 aromatic carbocycles. The fraction of sp³-hybridized carbons (Fsp3) is 0.129. The average Bonchev–Trinajstić information content (AvgIpc) is 2.92. The third kappa shape index (κ3) is 3.90. The molecule has 34 heavy (non-hydrogen) atoms. The third-order valence-corrected chi connectivity index (χ3v) is 6.51. The third-order valence-electron chi connectivity index (χ3n) is 6.51. The Kier molecular flexibility index (Phi) is 6.01. The second-order valence-electron chi connectivity index (χ2n) is 8.40. The van der Waals surface area contributed by atoms with Crippen LogP contribution in [0.5, 0.6) is 11.5 Å². The Morgan fingerprint density at radius 1 is 0.706 bits per heavy atom. The predicted octanol–water partition coefficient (Wildman–Crippen LogP) is 7.01. The second kappa shape index (κ2) is 9.40. The van der Waals surface area contributed by atoms with Gasteiger partial charge in [0.05, 0.1) is 20.1 Å². The normalized spacial score (nSPS) is 16.8. The van der Waals surface area contributed by atoms with Gasteiger partial charge in [-0.2, -0.15) is 0 Å². The molecule has 0 radical (unpaired) electrons. The molecular formula is C31H26O3. The first-order chi connectivity index (χ1) is 16.7. The molecule has 0 amide bonds. The quantitative estimate of drug-likeness (QED) is 0.299. The molecular weight excluding hydrogens is 420 g/mol. The minimum absolute atomic E-state index is 0.0875. The topological polar surface area (TPSA) is 35.5 Å². The van der Waals surface area contributed by atoms with E-state index in [1.54, 1.807) is 14.2 Å². The Morgan fingerprint density at radius 2 is 1.26 bits per heavy atom. The highest BCUT2D eigenvalue weighted by molar-refractivity contribution is 6.06. The second-order valence-corrected chi connectivity index (χ2v) is 8.40. The van der Waals surface area contributed by atoms with E-state index in [0.717, 1.165) is 27.8 Å². The zero-order valence-corrected chi connectivity index (χ0v) is 19.3. The van der Waals surface area contributed by atoms with E-state index in [2.05, 4.69) is 30.3 Å². The average molecular weight is 447 g/mol. The standard InChI is InChI=1S/C31H26O3/c1-33-27-19-24-18-25(21-12-6-3-7-13-21)29(22-14-8-4-9-15-22)30(26(24)20-28(27)34-2)31(32)23-16-10-5-11-17-23/h3-20,29-30H,1-2H3/t29-,30-/m1/s1. The molecule has 4 aromatic rings. The van der Waals surface area contributed by atoms with E-state index in [1.165, 1.54) is 0 Å². The molecule has 1 aliphatic carbocycles. The Hall–Kier alpha value is -4.11. The molecule has 0 saturated heterocycles. The van der Waals surface area contributed by atoms with Crippen LogP contribution < -0.4 is 9.47 Å². The van der Waals surface area contributed by atoms with E-state index in [1.807, 2.05) is 78.9 Å². The lowest BCUT2D eigenvalue weighted by Gasteiger charge is -2.35. The van der Waals surface area contributed by atoms with Gasteiger partial charge in [0.1, 0.15) is 0 Å². The summed E-state index contributed by atoms with van der Waals surface area (Å²) in [6.07, 6.45) is 2.19. The Morgan fingerprint density at radius 3 is 1.88 bits per heavy atom. The monoisotopic (exact) mass is 446 g/mol. The molecule has 0 N–H and O–H groups in total. The molecule has 0 bridgehead atoms. The van der Waals surface area contributed by atoms with Gasteiger partial charge in [-0.25, -0.2) is 0 Å². The SMILES string of the molecule is COc1cc2c(cc1OC)[C@@H](C(=O)c1ccccc1)[C@H](c1ccccc1)C(c1ccccc1)=C2. The van der Waals surface area contributed by atoms with Crippen LogP contribution in [-0.4, -0.2) is 20.0 Å². The first-order valence-electron chi connectivity index (χ1n) is 11.4. The minimum atomic E-state index is -0.417. The van der Waals surface area contributed by atoms with Gasteiger partial charge in [-0.15, -0.1) is 0 Å². The molecule has 1 aliphatic rings. The van der Waals surface area contributed by atoms with Gasteiger partial charge in [-0.05, 0) is 40.0 Å². The molecule has 3 nitrogen and oxygen atoms in total. The van der Waals surface area contributed by atoms with Crippen LogP contribution in [0.15, 0.2) is 103 Å². The molecule has 0 aliphatic heterocycles. The number of methoxy groups -OCH3 is 2. The molecule has 0 unspecified atom stereocenters.